The van der Waals surface area contributed by atoms with E-state index < -0.39 is 11.9 Å². The van der Waals surface area contributed by atoms with Crippen LogP contribution in [0.3, 0.4) is 0 Å². The van der Waals surface area contributed by atoms with Crippen LogP contribution >= 0.6 is 0 Å². The van der Waals surface area contributed by atoms with Gasteiger partial charge in [0.05, 0.1) is 12.5 Å². The minimum absolute atomic E-state index is 0.176. The molecule has 0 fully saturated rings. The number of urea groups is 1. The van der Waals surface area contributed by atoms with Gasteiger partial charge in [0.1, 0.15) is 0 Å². The SMILES string of the molecule is CCC(CNC(=O)N1CC=C(COC)CC1)C(=O)O. The second kappa shape index (κ2) is 7.78. The van der Waals surface area contributed by atoms with Crippen LogP contribution in [0.2, 0.25) is 0 Å². The summed E-state index contributed by atoms with van der Waals surface area (Å²) in [6.07, 6.45) is 3.30. The lowest BCUT2D eigenvalue weighted by Gasteiger charge is -2.27. The Morgan fingerprint density at radius 3 is 2.79 bits per heavy atom. The number of carbonyl (C=O) groups excluding carboxylic acids is 1. The molecule has 1 heterocycles. The quantitative estimate of drug-likeness (QED) is 0.708. The highest BCUT2D eigenvalue weighted by Crippen LogP contribution is 2.11. The highest BCUT2D eigenvalue weighted by Gasteiger charge is 2.20. The number of nitrogens with zero attached hydrogens (tertiary/aromatic N) is 1. The lowest BCUT2D eigenvalue weighted by molar-refractivity contribution is -0.141. The summed E-state index contributed by atoms with van der Waals surface area (Å²) in [6.45, 7) is 3.77. The predicted octanol–water partition coefficient (Wildman–Crippen LogP) is 1.09. The van der Waals surface area contributed by atoms with Gasteiger partial charge in [-0.05, 0) is 18.4 Å². The van der Waals surface area contributed by atoms with Crippen molar-refractivity contribution in [1.82, 2.24) is 10.2 Å². The lowest BCUT2D eigenvalue weighted by atomic mass is 10.1. The summed E-state index contributed by atoms with van der Waals surface area (Å²) in [6, 6.07) is -0.201. The molecule has 6 heteroatoms. The van der Waals surface area contributed by atoms with Crippen molar-refractivity contribution in [2.45, 2.75) is 19.8 Å². The van der Waals surface area contributed by atoms with Gasteiger partial charge in [0.15, 0.2) is 0 Å². The van der Waals surface area contributed by atoms with Gasteiger partial charge in [-0.25, -0.2) is 4.79 Å². The van der Waals surface area contributed by atoms with E-state index in [1.165, 1.54) is 5.57 Å². The smallest absolute Gasteiger partial charge is 0.317 e. The fraction of sp³-hybridized carbons (Fsp3) is 0.692. The second-order valence-corrected chi connectivity index (χ2v) is 4.62. The highest BCUT2D eigenvalue weighted by molar-refractivity contribution is 5.76. The highest BCUT2D eigenvalue weighted by atomic mass is 16.5. The van der Waals surface area contributed by atoms with Crippen molar-refractivity contribution in [2.24, 2.45) is 5.92 Å². The first-order chi connectivity index (χ1) is 9.08. The molecule has 1 aliphatic heterocycles. The normalized spacial score (nSPS) is 16.7. The minimum Gasteiger partial charge on any atom is -0.481 e. The summed E-state index contributed by atoms with van der Waals surface area (Å²) in [5.74, 6) is -1.39. The molecule has 0 spiro atoms. The third kappa shape index (κ3) is 4.90. The summed E-state index contributed by atoms with van der Waals surface area (Å²) in [7, 11) is 1.65. The zero-order chi connectivity index (χ0) is 14.3. The molecule has 0 aliphatic carbocycles. The Bertz CT molecular complexity index is 355. The van der Waals surface area contributed by atoms with Gasteiger partial charge in [0.2, 0.25) is 0 Å². The van der Waals surface area contributed by atoms with Crippen LogP contribution in [0.25, 0.3) is 0 Å². The van der Waals surface area contributed by atoms with Gasteiger partial charge < -0.3 is 20.1 Å². The van der Waals surface area contributed by atoms with Crippen molar-refractivity contribution in [3.63, 3.8) is 0 Å². The molecule has 0 aromatic carbocycles. The number of carboxylic acid groups (broad SMARTS) is 1. The summed E-state index contributed by atoms with van der Waals surface area (Å²) >= 11 is 0. The molecule has 108 valence electrons. The van der Waals surface area contributed by atoms with Crippen LogP contribution < -0.4 is 5.32 Å². The second-order valence-electron chi connectivity index (χ2n) is 4.62. The zero-order valence-corrected chi connectivity index (χ0v) is 11.5. The summed E-state index contributed by atoms with van der Waals surface area (Å²) < 4.78 is 5.04. The van der Waals surface area contributed by atoms with Crippen molar-refractivity contribution < 1.29 is 19.4 Å². The van der Waals surface area contributed by atoms with E-state index in [-0.39, 0.29) is 12.6 Å². The van der Waals surface area contributed by atoms with E-state index in [9.17, 15) is 9.59 Å². The van der Waals surface area contributed by atoms with E-state index in [0.717, 1.165) is 6.42 Å². The number of nitrogens with one attached hydrogen (secondary N) is 1. The Kier molecular flexibility index (Phi) is 6.35. The van der Waals surface area contributed by atoms with Crippen LogP contribution in [0, 0.1) is 5.92 Å². The molecule has 6 nitrogen and oxygen atoms in total. The van der Waals surface area contributed by atoms with Crippen LogP contribution in [0.1, 0.15) is 19.8 Å². The van der Waals surface area contributed by atoms with Crippen LogP contribution in [0.4, 0.5) is 4.79 Å². The Morgan fingerprint density at radius 1 is 1.58 bits per heavy atom. The lowest BCUT2D eigenvalue weighted by Crippen LogP contribution is -2.44. The van der Waals surface area contributed by atoms with Crippen molar-refractivity contribution in [3.05, 3.63) is 11.6 Å². The van der Waals surface area contributed by atoms with Crippen molar-refractivity contribution in [3.8, 4) is 0 Å². The molecular weight excluding hydrogens is 248 g/mol. The molecular formula is C13H22N2O4. The van der Waals surface area contributed by atoms with Crippen molar-refractivity contribution in [1.29, 1.82) is 0 Å². The number of hydrogen-bond acceptors (Lipinski definition) is 3. The van der Waals surface area contributed by atoms with Crippen molar-refractivity contribution >= 4 is 12.0 Å². The van der Waals surface area contributed by atoms with Crippen LogP contribution in [0.5, 0.6) is 0 Å². The third-order valence-corrected chi connectivity index (χ3v) is 3.26. The minimum atomic E-state index is -0.872. The van der Waals surface area contributed by atoms with Gasteiger partial charge in [-0.3, -0.25) is 4.79 Å². The topological polar surface area (TPSA) is 78.9 Å². The molecule has 1 rings (SSSR count). The monoisotopic (exact) mass is 270 g/mol. The first-order valence-electron chi connectivity index (χ1n) is 6.50. The molecule has 0 aromatic rings. The molecule has 2 N–H and O–H groups in total. The van der Waals surface area contributed by atoms with E-state index in [0.29, 0.717) is 26.1 Å². The fourth-order valence-electron chi connectivity index (χ4n) is 1.94. The maximum atomic E-state index is 11.9. The van der Waals surface area contributed by atoms with E-state index in [1.54, 1.807) is 18.9 Å². The molecule has 1 aliphatic rings. The first-order valence-corrected chi connectivity index (χ1v) is 6.50. The zero-order valence-electron chi connectivity index (χ0n) is 11.5. The van der Waals surface area contributed by atoms with E-state index >= 15 is 0 Å². The number of amides is 2. The van der Waals surface area contributed by atoms with Gasteiger partial charge in [0.25, 0.3) is 0 Å². The van der Waals surface area contributed by atoms with Crippen molar-refractivity contribution in [2.75, 3.05) is 33.4 Å². The number of ether oxygens (including phenoxy) is 1. The first kappa shape index (κ1) is 15.5. The third-order valence-electron chi connectivity index (χ3n) is 3.26. The molecule has 0 aromatic heterocycles. The molecule has 1 atom stereocenters. The standard InChI is InChI=1S/C13H22N2O4/c1-3-11(12(16)17)8-14-13(18)15-6-4-10(5-7-15)9-19-2/h4,11H,3,5-9H2,1-2H3,(H,14,18)(H,16,17). The number of methoxy groups -OCH3 is 1. The summed E-state index contributed by atoms with van der Waals surface area (Å²) in [4.78, 5) is 24.4. The predicted molar refractivity (Wildman–Crippen MR) is 71.0 cm³/mol. The number of rotatable bonds is 6. The Hall–Kier alpha value is -1.56. The van der Waals surface area contributed by atoms with Crippen LogP contribution in [0.15, 0.2) is 11.6 Å². The number of carbonyl (C=O) groups is 2. The molecule has 0 radical (unpaired) electrons. The molecule has 19 heavy (non-hydrogen) atoms. The summed E-state index contributed by atoms with van der Waals surface area (Å²) in [5, 5.41) is 11.6. The Morgan fingerprint density at radius 2 is 2.32 bits per heavy atom. The van der Waals surface area contributed by atoms with E-state index in [4.69, 9.17) is 9.84 Å². The largest absolute Gasteiger partial charge is 0.481 e. The Labute approximate surface area is 113 Å². The maximum absolute atomic E-state index is 11.9. The average molecular weight is 270 g/mol. The van der Waals surface area contributed by atoms with Crippen LogP contribution in [-0.4, -0.2) is 55.4 Å². The average Bonchev–Trinajstić information content (AvgIpc) is 2.40. The van der Waals surface area contributed by atoms with E-state index in [2.05, 4.69) is 5.32 Å². The fourth-order valence-corrected chi connectivity index (χ4v) is 1.94. The molecule has 0 bridgehead atoms. The number of hydrogen-bond donors (Lipinski definition) is 2. The van der Waals surface area contributed by atoms with Gasteiger partial charge in [-0.1, -0.05) is 13.0 Å². The van der Waals surface area contributed by atoms with Gasteiger partial charge in [-0.2, -0.15) is 0 Å². The van der Waals surface area contributed by atoms with E-state index in [1.807, 2.05) is 6.08 Å². The molecule has 0 saturated carbocycles. The number of carboxylic acids is 1. The number of aliphatic carboxylic acids is 1. The van der Waals surface area contributed by atoms with Gasteiger partial charge in [-0.15, -0.1) is 0 Å². The summed E-state index contributed by atoms with van der Waals surface area (Å²) in [5.41, 5.74) is 1.20. The molecule has 2 amide bonds. The van der Waals surface area contributed by atoms with Gasteiger partial charge in [0, 0.05) is 26.7 Å². The maximum Gasteiger partial charge on any atom is 0.317 e. The van der Waals surface area contributed by atoms with Crippen LogP contribution in [-0.2, 0) is 9.53 Å². The molecule has 0 saturated heterocycles. The molecule has 1 unspecified atom stereocenters. The van der Waals surface area contributed by atoms with Gasteiger partial charge >= 0.3 is 12.0 Å². The Balaban J connectivity index is 2.37.